The van der Waals surface area contributed by atoms with Crippen LogP contribution in [-0.2, 0) is 27.3 Å². The molecule has 7 nitrogen and oxygen atoms in total. The van der Waals surface area contributed by atoms with Gasteiger partial charge in [-0.3, -0.25) is 13.3 Å². The number of carbonyl (C=O) groups excluding carboxylic acids is 1. The molecule has 3 rings (SSSR count). The molecule has 10 heteroatoms. The second kappa shape index (κ2) is 14.3. The lowest BCUT2D eigenvalue weighted by atomic mass is 10.0. The van der Waals surface area contributed by atoms with E-state index < -0.39 is 23.3 Å². The van der Waals surface area contributed by atoms with Gasteiger partial charge in [0.05, 0.1) is 0 Å². The molecule has 0 aliphatic heterocycles. The van der Waals surface area contributed by atoms with E-state index in [4.69, 9.17) is 11.6 Å². The maximum atomic E-state index is 12.1. The third-order valence-electron chi connectivity index (χ3n) is 5.81. The molecule has 1 amide bonds. The van der Waals surface area contributed by atoms with Gasteiger partial charge in [0.2, 0.25) is 5.91 Å². The number of halogens is 2. The fourth-order valence-electron chi connectivity index (χ4n) is 3.84. The Bertz CT molecular complexity index is 1210. The first kappa shape index (κ1) is 28.8. The number of carboxylic acid groups (broad SMARTS) is 1. The number of unbranched alkanes of at least 4 members (excludes halogenated alkanes) is 1. The van der Waals surface area contributed by atoms with Gasteiger partial charge in [0.1, 0.15) is 6.04 Å². The number of amides is 1. The van der Waals surface area contributed by atoms with Crippen LogP contribution in [0.1, 0.15) is 31.2 Å². The minimum absolute atomic E-state index is 0.0992. The monoisotopic (exact) mass is 605 g/mol. The first-order valence-electron chi connectivity index (χ1n) is 11.7. The van der Waals surface area contributed by atoms with Gasteiger partial charge in [0.15, 0.2) is 0 Å². The molecule has 3 aromatic rings. The Balaban J connectivity index is 1.51. The lowest BCUT2D eigenvalue weighted by molar-refractivity contribution is -0.138. The van der Waals surface area contributed by atoms with Gasteiger partial charge in [0.25, 0.3) is 0 Å². The summed E-state index contributed by atoms with van der Waals surface area (Å²) in [5.74, 6) is -1.33. The van der Waals surface area contributed by atoms with Gasteiger partial charge in [-0.05, 0) is 78.8 Å². The van der Waals surface area contributed by atoms with Crippen LogP contribution in [-0.4, -0.2) is 38.3 Å². The highest BCUT2D eigenvalue weighted by Crippen LogP contribution is 2.27. The second-order valence-electron chi connectivity index (χ2n) is 8.42. The quantitative estimate of drug-likeness (QED) is 0.190. The van der Waals surface area contributed by atoms with Crippen molar-refractivity contribution in [2.45, 2.75) is 38.1 Å². The van der Waals surface area contributed by atoms with Crippen LogP contribution in [0.2, 0.25) is 5.02 Å². The van der Waals surface area contributed by atoms with Gasteiger partial charge in [-0.25, -0.2) is 4.79 Å². The lowest BCUT2D eigenvalue weighted by Crippen LogP contribution is -2.42. The molecule has 0 bridgehead atoms. The topological polar surface area (TPSA) is 110 Å². The molecule has 196 valence electrons. The molecule has 0 aliphatic carbocycles. The van der Waals surface area contributed by atoms with Gasteiger partial charge in [-0.2, -0.15) is 0 Å². The number of nitrogens with zero attached hydrogens (tertiary/aromatic N) is 1. The Morgan fingerprint density at radius 3 is 2.14 bits per heavy atom. The molecule has 0 aliphatic rings. The van der Waals surface area contributed by atoms with Crippen LogP contribution in [0, 0.1) is 0 Å². The van der Waals surface area contributed by atoms with Crippen LogP contribution in [0.15, 0.2) is 77.3 Å². The van der Waals surface area contributed by atoms with Crippen molar-refractivity contribution < 1.29 is 23.5 Å². The third kappa shape index (κ3) is 8.96. The number of rotatable bonds is 13. The van der Waals surface area contributed by atoms with Crippen molar-refractivity contribution >= 4 is 56.4 Å². The molecule has 37 heavy (non-hydrogen) atoms. The SMILES string of the molecule is O=C(CCc1ccc(Cl)cc1)NCCCCC(C(=O)O)N(c1ccc(-c2ccc(Br)cc2)cc1)S(=O)[O-]. The first-order valence-corrected chi connectivity index (χ1v) is 13.9. The minimum atomic E-state index is -2.78. The average Bonchev–Trinajstić information content (AvgIpc) is 2.88. The molecule has 0 saturated carbocycles. The van der Waals surface area contributed by atoms with Crippen LogP contribution in [0.4, 0.5) is 5.69 Å². The summed E-state index contributed by atoms with van der Waals surface area (Å²) in [7, 11) is 0. The van der Waals surface area contributed by atoms with E-state index in [0.29, 0.717) is 37.3 Å². The number of hydrogen-bond donors (Lipinski definition) is 2. The molecule has 0 fully saturated rings. The van der Waals surface area contributed by atoms with Gasteiger partial charge < -0.3 is 15.0 Å². The van der Waals surface area contributed by atoms with Gasteiger partial charge in [-0.15, -0.1) is 0 Å². The largest absolute Gasteiger partial charge is 0.755 e. The summed E-state index contributed by atoms with van der Waals surface area (Å²) in [6.45, 7) is 0.383. The van der Waals surface area contributed by atoms with Crippen LogP contribution in [0.5, 0.6) is 0 Å². The lowest BCUT2D eigenvalue weighted by Gasteiger charge is -2.32. The summed E-state index contributed by atoms with van der Waals surface area (Å²) in [6, 6.07) is 20.5. The molecule has 2 N–H and O–H groups in total. The first-order chi connectivity index (χ1) is 17.7. The number of carboxylic acids is 1. The molecule has 2 unspecified atom stereocenters. The van der Waals surface area contributed by atoms with Crippen molar-refractivity contribution in [2.24, 2.45) is 0 Å². The molecular formula is C27H27BrClN2O5S-. The molecule has 2 atom stereocenters. The summed E-state index contributed by atoms with van der Waals surface area (Å²) in [5, 5.41) is 13.2. The summed E-state index contributed by atoms with van der Waals surface area (Å²) >= 11 is 6.48. The van der Waals surface area contributed by atoms with E-state index in [1.807, 2.05) is 36.4 Å². The van der Waals surface area contributed by atoms with Crippen molar-refractivity contribution in [1.82, 2.24) is 5.32 Å². The molecule has 3 aromatic carbocycles. The summed E-state index contributed by atoms with van der Waals surface area (Å²) in [6.07, 6.45) is 1.99. The summed E-state index contributed by atoms with van der Waals surface area (Å²) in [5.41, 5.74) is 3.12. The van der Waals surface area contributed by atoms with Crippen LogP contribution < -0.4 is 9.62 Å². The fraction of sp³-hybridized carbons (Fsp3) is 0.259. The molecule has 0 spiro atoms. The molecule has 0 aromatic heterocycles. The number of nitrogens with one attached hydrogen (secondary N) is 1. The van der Waals surface area contributed by atoms with Gasteiger partial charge in [-0.1, -0.05) is 63.9 Å². The molecular weight excluding hydrogens is 580 g/mol. The predicted octanol–water partition coefficient (Wildman–Crippen LogP) is 5.74. The van der Waals surface area contributed by atoms with E-state index in [-0.39, 0.29) is 18.0 Å². The summed E-state index contributed by atoms with van der Waals surface area (Å²) < 4.78 is 25.9. The molecule has 0 radical (unpaired) electrons. The Morgan fingerprint density at radius 1 is 0.973 bits per heavy atom. The van der Waals surface area contributed by atoms with Crippen molar-refractivity contribution in [3.05, 3.63) is 87.9 Å². The maximum Gasteiger partial charge on any atom is 0.327 e. The zero-order valence-electron chi connectivity index (χ0n) is 19.9. The van der Waals surface area contributed by atoms with E-state index in [0.717, 1.165) is 25.5 Å². The number of hydrogen-bond acceptors (Lipinski definition) is 4. The van der Waals surface area contributed by atoms with E-state index >= 15 is 0 Å². The smallest absolute Gasteiger partial charge is 0.327 e. The number of aliphatic carboxylic acids is 1. The summed E-state index contributed by atoms with van der Waals surface area (Å²) in [4.78, 5) is 24.0. The number of carbonyl (C=O) groups is 2. The fourth-order valence-corrected chi connectivity index (χ4v) is 4.93. The van der Waals surface area contributed by atoms with Crippen LogP contribution in [0.25, 0.3) is 11.1 Å². The van der Waals surface area contributed by atoms with E-state index in [9.17, 15) is 23.5 Å². The highest BCUT2D eigenvalue weighted by Gasteiger charge is 2.26. The minimum Gasteiger partial charge on any atom is -0.755 e. The zero-order valence-corrected chi connectivity index (χ0v) is 23.1. The van der Waals surface area contributed by atoms with Crippen LogP contribution in [0.3, 0.4) is 0 Å². The van der Waals surface area contributed by atoms with Crippen molar-refractivity contribution in [2.75, 3.05) is 10.8 Å². The standard InChI is InChI=1S/C27H28BrClN2O5S/c28-22-11-7-20(8-12-22)21-9-15-24(16-10-21)31(37(35)36)25(27(33)34)3-1-2-18-30-26(32)17-6-19-4-13-23(29)14-5-19/h4-5,7-16,25H,1-3,6,17-18H2,(H,30,32)(H,33,34)(H,35,36)/p-1. The van der Waals surface area contributed by atoms with E-state index in [1.54, 1.807) is 36.4 Å². The highest BCUT2D eigenvalue weighted by atomic mass is 79.9. The van der Waals surface area contributed by atoms with Crippen molar-refractivity contribution in [3.63, 3.8) is 0 Å². The Hall–Kier alpha value is -2.72. The maximum absolute atomic E-state index is 12.1. The van der Waals surface area contributed by atoms with Gasteiger partial charge >= 0.3 is 5.97 Å². The second-order valence-corrected chi connectivity index (χ2v) is 10.6. The van der Waals surface area contributed by atoms with E-state index in [1.165, 1.54) is 0 Å². The molecule has 0 heterocycles. The normalized spacial score (nSPS) is 12.5. The third-order valence-corrected chi connectivity index (χ3v) is 7.38. The Kier molecular flexibility index (Phi) is 11.1. The zero-order chi connectivity index (χ0) is 26.8. The van der Waals surface area contributed by atoms with E-state index in [2.05, 4.69) is 21.2 Å². The Morgan fingerprint density at radius 2 is 1.57 bits per heavy atom. The highest BCUT2D eigenvalue weighted by molar-refractivity contribution is 9.10. The van der Waals surface area contributed by atoms with Gasteiger partial charge in [0, 0.05) is 39.4 Å². The van der Waals surface area contributed by atoms with Crippen LogP contribution >= 0.6 is 27.5 Å². The predicted molar refractivity (Wildman–Crippen MR) is 149 cm³/mol. The Labute approximate surface area is 232 Å². The molecule has 0 saturated heterocycles. The van der Waals surface area contributed by atoms with Crippen molar-refractivity contribution in [1.29, 1.82) is 0 Å². The van der Waals surface area contributed by atoms with Crippen molar-refractivity contribution in [3.8, 4) is 11.1 Å². The number of benzene rings is 3. The average molecular weight is 607 g/mol. The number of aryl methyl sites for hydroxylation is 1. The number of anilines is 1.